The van der Waals surface area contributed by atoms with E-state index in [1.807, 2.05) is 14.0 Å². The van der Waals surface area contributed by atoms with Crippen molar-refractivity contribution in [3.8, 4) is 5.88 Å². The average molecular weight is 254 g/mol. The highest BCUT2D eigenvalue weighted by molar-refractivity contribution is 5.33. The van der Waals surface area contributed by atoms with Crippen LogP contribution in [0, 0.1) is 6.92 Å². The van der Waals surface area contributed by atoms with Crippen LogP contribution in [0.2, 0.25) is 0 Å². The molecule has 1 aliphatic rings. The van der Waals surface area contributed by atoms with Crippen LogP contribution in [-0.2, 0) is 11.8 Å². The molecular formula is C13H22N2O3. The Balaban J connectivity index is 2.01. The topological polar surface area (TPSA) is 56.5 Å². The fourth-order valence-electron chi connectivity index (χ4n) is 2.64. The van der Waals surface area contributed by atoms with Crippen LogP contribution in [0.25, 0.3) is 0 Å². The first-order valence-corrected chi connectivity index (χ1v) is 6.50. The molecule has 0 amide bonds. The minimum absolute atomic E-state index is 0.308. The molecule has 0 spiro atoms. The van der Waals surface area contributed by atoms with Gasteiger partial charge in [-0.15, -0.1) is 0 Å². The van der Waals surface area contributed by atoms with Crippen LogP contribution in [0.5, 0.6) is 5.88 Å². The van der Waals surface area contributed by atoms with E-state index in [0.717, 1.165) is 37.1 Å². The lowest BCUT2D eigenvalue weighted by Gasteiger charge is -2.14. The molecule has 1 N–H and O–H groups in total. The summed E-state index contributed by atoms with van der Waals surface area (Å²) in [4.78, 5) is 0. The summed E-state index contributed by atoms with van der Waals surface area (Å²) in [5.74, 6) is 0.646. The van der Waals surface area contributed by atoms with Crippen molar-refractivity contribution in [3.63, 3.8) is 0 Å². The number of ether oxygens (including phenoxy) is 2. The Labute approximate surface area is 108 Å². The van der Waals surface area contributed by atoms with Crippen LogP contribution in [0.1, 0.15) is 43.0 Å². The van der Waals surface area contributed by atoms with Gasteiger partial charge in [0, 0.05) is 13.7 Å². The maximum Gasteiger partial charge on any atom is 0.217 e. The fourth-order valence-corrected chi connectivity index (χ4v) is 2.64. The molecule has 0 bridgehead atoms. The lowest BCUT2D eigenvalue weighted by molar-refractivity contribution is 0.0803. The van der Waals surface area contributed by atoms with Crippen molar-refractivity contribution in [2.24, 2.45) is 7.05 Å². The zero-order valence-corrected chi connectivity index (χ0v) is 11.3. The summed E-state index contributed by atoms with van der Waals surface area (Å²) in [6.07, 6.45) is 3.60. The maximum atomic E-state index is 10.3. The van der Waals surface area contributed by atoms with Gasteiger partial charge in [-0.25, -0.2) is 4.68 Å². The van der Waals surface area contributed by atoms with E-state index in [2.05, 4.69) is 5.10 Å². The number of aliphatic hydroxyl groups is 1. The Kier molecular flexibility index (Phi) is 4.24. The van der Waals surface area contributed by atoms with Crippen molar-refractivity contribution in [1.29, 1.82) is 0 Å². The van der Waals surface area contributed by atoms with Crippen LogP contribution in [0.3, 0.4) is 0 Å². The van der Waals surface area contributed by atoms with Gasteiger partial charge in [0.15, 0.2) is 0 Å². The van der Waals surface area contributed by atoms with E-state index in [9.17, 15) is 5.11 Å². The molecule has 1 aliphatic heterocycles. The summed E-state index contributed by atoms with van der Waals surface area (Å²) in [5.41, 5.74) is 1.63. The van der Waals surface area contributed by atoms with Crippen LogP contribution in [0.15, 0.2) is 0 Å². The summed E-state index contributed by atoms with van der Waals surface area (Å²) in [6.45, 7) is 2.75. The minimum Gasteiger partial charge on any atom is -0.481 e. The minimum atomic E-state index is -0.530. The number of hydrogen-bond acceptors (Lipinski definition) is 4. The first kappa shape index (κ1) is 13.4. The standard InChI is InChI=1S/C13H22N2O3/c1-9-12(13(17-3)15(2)14-9)11(16)7-6-10-5-4-8-18-10/h10-11,16H,4-8H2,1-3H3. The van der Waals surface area contributed by atoms with Crippen LogP contribution >= 0.6 is 0 Å². The lowest BCUT2D eigenvalue weighted by Crippen LogP contribution is -2.09. The van der Waals surface area contributed by atoms with Crippen molar-refractivity contribution in [2.75, 3.05) is 13.7 Å². The molecule has 0 aromatic carbocycles. The van der Waals surface area contributed by atoms with Crippen molar-refractivity contribution in [2.45, 2.75) is 44.8 Å². The van der Waals surface area contributed by atoms with Crippen LogP contribution in [-0.4, -0.2) is 34.7 Å². The molecular weight excluding hydrogens is 232 g/mol. The lowest BCUT2D eigenvalue weighted by atomic mass is 10.0. The number of nitrogens with zero attached hydrogens (tertiary/aromatic N) is 2. The summed E-state index contributed by atoms with van der Waals surface area (Å²) in [5, 5.41) is 14.6. The van der Waals surface area contributed by atoms with E-state index in [1.165, 1.54) is 0 Å². The maximum absolute atomic E-state index is 10.3. The Morgan fingerprint density at radius 2 is 2.39 bits per heavy atom. The van der Waals surface area contributed by atoms with E-state index in [0.29, 0.717) is 18.4 Å². The SMILES string of the molecule is COc1c(C(O)CCC2CCCO2)c(C)nn1C. The predicted molar refractivity (Wildman–Crippen MR) is 67.7 cm³/mol. The highest BCUT2D eigenvalue weighted by Crippen LogP contribution is 2.32. The second-order valence-electron chi connectivity index (χ2n) is 4.86. The zero-order chi connectivity index (χ0) is 13.1. The Bertz CT molecular complexity index is 397. The van der Waals surface area contributed by atoms with E-state index < -0.39 is 6.10 Å². The van der Waals surface area contributed by atoms with Gasteiger partial charge in [-0.2, -0.15) is 5.10 Å². The van der Waals surface area contributed by atoms with Crippen LogP contribution in [0.4, 0.5) is 0 Å². The number of hydrogen-bond donors (Lipinski definition) is 1. The van der Waals surface area contributed by atoms with Gasteiger partial charge >= 0.3 is 0 Å². The molecule has 0 aliphatic carbocycles. The molecule has 1 aromatic rings. The van der Waals surface area contributed by atoms with Gasteiger partial charge in [0.05, 0.1) is 30.6 Å². The van der Waals surface area contributed by atoms with Crippen molar-refractivity contribution >= 4 is 0 Å². The molecule has 5 nitrogen and oxygen atoms in total. The monoisotopic (exact) mass is 254 g/mol. The highest BCUT2D eigenvalue weighted by Gasteiger charge is 2.23. The second-order valence-corrected chi connectivity index (χ2v) is 4.86. The molecule has 2 atom stereocenters. The quantitative estimate of drug-likeness (QED) is 0.869. The van der Waals surface area contributed by atoms with Crippen molar-refractivity contribution in [1.82, 2.24) is 9.78 Å². The Hall–Kier alpha value is -1.07. The predicted octanol–water partition coefficient (Wildman–Crippen LogP) is 1.73. The third-order valence-corrected chi connectivity index (χ3v) is 3.53. The molecule has 2 rings (SSSR count). The van der Waals surface area contributed by atoms with Crippen LogP contribution < -0.4 is 4.74 Å². The van der Waals surface area contributed by atoms with Gasteiger partial charge in [0.25, 0.3) is 0 Å². The molecule has 2 heterocycles. The molecule has 1 saturated heterocycles. The van der Waals surface area contributed by atoms with Crippen molar-refractivity contribution in [3.05, 3.63) is 11.3 Å². The van der Waals surface area contributed by atoms with Gasteiger partial charge in [0.2, 0.25) is 5.88 Å². The third-order valence-electron chi connectivity index (χ3n) is 3.53. The first-order chi connectivity index (χ1) is 8.63. The normalized spacial score (nSPS) is 21.2. The number of rotatable bonds is 5. The molecule has 18 heavy (non-hydrogen) atoms. The average Bonchev–Trinajstić information content (AvgIpc) is 2.93. The molecule has 5 heteroatoms. The van der Waals surface area contributed by atoms with E-state index in [4.69, 9.17) is 9.47 Å². The summed E-state index contributed by atoms with van der Waals surface area (Å²) in [7, 11) is 3.43. The van der Waals surface area contributed by atoms with Crippen molar-refractivity contribution < 1.29 is 14.6 Å². The third kappa shape index (κ3) is 2.67. The molecule has 1 fully saturated rings. The number of aryl methyl sites for hydroxylation is 2. The number of aromatic nitrogens is 2. The molecule has 1 aromatic heterocycles. The molecule has 2 unspecified atom stereocenters. The number of methoxy groups -OCH3 is 1. The Morgan fingerprint density at radius 1 is 1.61 bits per heavy atom. The molecule has 102 valence electrons. The number of aliphatic hydroxyl groups excluding tert-OH is 1. The fraction of sp³-hybridized carbons (Fsp3) is 0.769. The van der Waals surface area contributed by atoms with Gasteiger partial charge < -0.3 is 14.6 Å². The van der Waals surface area contributed by atoms with E-state index in [1.54, 1.807) is 11.8 Å². The zero-order valence-electron chi connectivity index (χ0n) is 11.3. The van der Waals surface area contributed by atoms with Gasteiger partial charge in [-0.3, -0.25) is 0 Å². The molecule has 0 radical (unpaired) electrons. The summed E-state index contributed by atoms with van der Waals surface area (Å²) in [6, 6.07) is 0. The smallest absolute Gasteiger partial charge is 0.217 e. The molecule has 0 saturated carbocycles. The highest BCUT2D eigenvalue weighted by atomic mass is 16.5. The first-order valence-electron chi connectivity index (χ1n) is 6.50. The van der Waals surface area contributed by atoms with Gasteiger partial charge in [-0.1, -0.05) is 0 Å². The van der Waals surface area contributed by atoms with Gasteiger partial charge in [0.1, 0.15) is 0 Å². The second kappa shape index (κ2) is 5.71. The van der Waals surface area contributed by atoms with Gasteiger partial charge in [-0.05, 0) is 32.6 Å². The Morgan fingerprint density at radius 3 is 3.00 bits per heavy atom. The largest absolute Gasteiger partial charge is 0.481 e. The van der Waals surface area contributed by atoms with E-state index in [-0.39, 0.29) is 0 Å². The summed E-state index contributed by atoms with van der Waals surface area (Å²) >= 11 is 0. The summed E-state index contributed by atoms with van der Waals surface area (Å²) < 4.78 is 12.5. The van der Waals surface area contributed by atoms with E-state index >= 15 is 0 Å².